The number of thioether (sulfide) groups is 1. The highest BCUT2D eigenvalue weighted by molar-refractivity contribution is 8.00. The Hall–Kier alpha value is -1.65. The van der Waals surface area contributed by atoms with Gasteiger partial charge in [0.25, 0.3) is 5.69 Å². The summed E-state index contributed by atoms with van der Waals surface area (Å²) in [5.41, 5.74) is -0.330. The van der Waals surface area contributed by atoms with Crippen molar-refractivity contribution >= 4 is 33.4 Å². The molecule has 10 heteroatoms. The predicted molar refractivity (Wildman–Crippen MR) is 102 cm³/mol. The molecule has 2 atom stereocenters. The SMILES string of the molecule is CCOC(=O)CSc1ccc(S(=O)(=O)N2C[C@@H](C)C[C@H](C)C2)cc1[N+](=O)[O-]. The van der Waals surface area contributed by atoms with Crippen molar-refractivity contribution in [2.75, 3.05) is 25.4 Å². The molecule has 0 N–H and O–H groups in total. The van der Waals surface area contributed by atoms with Crippen LogP contribution in [0.25, 0.3) is 0 Å². The molecule has 0 radical (unpaired) electrons. The van der Waals surface area contributed by atoms with E-state index in [2.05, 4.69) is 0 Å². The highest BCUT2D eigenvalue weighted by Crippen LogP contribution is 2.33. The van der Waals surface area contributed by atoms with Crippen molar-refractivity contribution in [1.29, 1.82) is 0 Å². The summed E-state index contributed by atoms with van der Waals surface area (Å²) in [5.74, 6) is -0.0947. The van der Waals surface area contributed by atoms with Crippen molar-refractivity contribution in [2.45, 2.75) is 37.0 Å². The van der Waals surface area contributed by atoms with E-state index in [0.29, 0.717) is 13.1 Å². The maximum atomic E-state index is 12.9. The van der Waals surface area contributed by atoms with Crippen LogP contribution in [0, 0.1) is 22.0 Å². The van der Waals surface area contributed by atoms with E-state index in [0.717, 1.165) is 24.2 Å². The first-order valence-corrected chi connectivity index (χ1v) is 11.1. The van der Waals surface area contributed by atoms with Crippen molar-refractivity contribution < 1.29 is 22.9 Å². The minimum Gasteiger partial charge on any atom is -0.465 e. The topological polar surface area (TPSA) is 107 Å². The van der Waals surface area contributed by atoms with Crippen LogP contribution in [-0.4, -0.2) is 49.1 Å². The van der Waals surface area contributed by atoms with E-state index in [1.165, 1.54) is 16.4 Å². The number of rotatable bonds is 7. The smallest absolute Gasteiger partial charge is 0.316 e. The molecule has 2 rings (SSSR count). The fourth-order valence-electron chi connectivity index (χ4n) is 3.21. The van der Waals surface area contributed by atoms with E-state index in [4.69, 9.17) is 4.74 Å². The Morgan fingerprint density at radius 1 is 1.33 bits per heavy atom. The lowest BCUT2D eigenvalue weighted by atomic mass is 9.94. The molecule has 1 aliphatic heterocycles. The van der Waals surface area contributed by atoms with Crippen molar-refractivity contribution in [3.05, 3.63) is 28.3 Å². The highest BCUT2D eigenvalue weighted by atomic mass is 32.2. The molecule has 0 amide bonds. The first kappa shape index (κ1) is 21.6. The molecular formula is C17H24N2O6S2. The second-order valence-corrected chi connectivity index (χ2v) is 9.70. The largest absolute Gasteiger partial charge is 0.465 e. The van der Waals surface area contributed by atoms with Crippen molar-refractivity contribution in [1.82, 2.24) is 4.31 Å². The summed E-state index contributed by atoms with van der Waals surface area (Å²) in [6.07, 6.45) is 0.954. The van der Waals surface area contributed by atoms with Gasteiger partial charge in [0.1, 0.15) is 0 Å². The third-order valence-electron chi connectivity index (χ3n) is 4.25. The fourth-order valence-corrected chi connectivity index (χ4v) is 5.72. The van der Waals surface area contributed by atoms with Crippen LogP contribution >= 0.6 is 11.8 Å². The minimum atomic E-state index is -3.81. The normalized spacial score (nSPS) is 21.0. The highest BCUT2D eigenvalue weighted by Gasteiger charge is 2.33. The molecule has 0 saturated carbocycles. The standard InChI is InChI=1S/C17H24N2O6S2/c1-4-25-17(20)11-26-16-6-5-14(8-15(16)19(21)22)27(23,24)18-9-12(2)7-13(3)10-18/h5-6,8,12-13H,4,7,9-11H2,1-3H3/t12-,13-/m0/s1. The van der Waals surface area contributed by atoms with Crippen molar-refractivity contribution in [2.24, 2.45) is 11.8 Å². The maximum Gasteiger partial charge on any atom is 0.316 e. The molecule has 1 fully saturated rings. The second kappa shape index (κ2) is 9.03. The number of carbonyl (C=O) groups excluding carboxylic acids is 1. The molecule has 1 saturated heterocycles. The lowest BCUT2D eigenvalue weighted by Crippen LogP contribution is -2.42. The maximum absolute atomic E-state index is 12.9. The summed E-state index contributed by atoms with van der Waals surface area (Å²) >= 11 is 0.954. The fraction of sp³-hybridized carbons (Fsp3) is 0.588. The third kappa shape index (κ3) is 5.43. The Morgan fingerprint density at radius 2 is 1.96 bits per heavy atom. The van der Waals surface area contributed by atoms with Gasteiger partial charge in [-0.25, -0.2) is 8.42 Å². The van der Waals surface area contributed by atoms with Crippen LogP contribution in [0.5, 0.6) is 0 Å². The molecule has 8 nitrogen and oxygen atoms in total. The van der Waals surface area contributed by atoms with E-state index >= 15 is 0 Å². The van der Waals surface area contributed by atoms with Gasteiger partial charge in [0.15, 0.2) is 0 Å². The van der Waals surface area contributed by atoms with E-state index in [1.807, 2.05) is 13.8 Å². The van der Waals surface area contributed by atoms with Gasteiger partial charge in [-0.3, -0.25) is 14.9 Å². The average molecular weight is 417 g/mol. The number of nitro benzene ring substituents is 1. The van der Waals surface area contributed by atoms with E-state index < -0.39 is 20.9 Å². The van der Waals surface area contributed by atoms with Crippen LogP contribution in [-0.2, 0) is 19.6 Å². The molecule has 0 bridgehead atoms. The number of ether oxygens (including phenoxy) is 1. The summed E-state index contributed by atoms with van der Waals surface area (Å²) in [7, 11) is -3.81. The summed E-state index contributed by atoms with van der Waals surface area (Å²) < 4.78 is 32.1. The van der Waals surface area contributed by atoms with E-state index in [1.54, 1.807) is 6.92 Å². The first-order valence-electron chi connectivity index (χ1n) is 8.72. The Kier molecular flexibility index (Phi) is 7.24. The monoisotopic (exact) mass is 416 g/mol. The van der Waals surface area contributed by atoms with Crippen LogP contribution in [0.4, 0.5) is 5.69 Å². The quantitative estimate of drug-likeness (QED) is 0.291. The third-order valence-corrected chi connectivity index (χ3v) is 7.11. The molecule has 0 aromatic heterocycles. The Bertz CT molecular complexity index is 802. The van der Waals surface area contributed by atoms with Crippen LogP contribution in [0.1, 0.15) is 27.2 Å². The molecule has 0 spiro atoms. The summed E-state index contributed by atoms with van der Waals surface area (Å²) in [5, 5.41) is 11.4. The molecule has 0 unspecified atom stereocenters. The van der Waals surface area contributed by atoms with Gasteiger partial charge in [-0.1, -0.05) is 13.8 Å². The van der Waals surface area contributed by atoms with Gasteiger partial charge in [-0.2, -0.15) is 4.31 Å². The Morgan fingerprint density at radius 3 is 2.52 bits per heavy atom. The van der Waals surface area contributed by atoms with Crippen molar-refractivity contribution in [3.63, 3.8) is 0 Å². The van der Waals surface area contributed by atoms with Gasteiger partial charge in [0.05, 0.1) is 27.1 Å². The number of piperidine rings is 1. The molecular weight excluding hydrogens is 392 g/mol. The minimum absolute atomic E-state index is 0.0814. The zero-order chi connectivity index (χ0) is 20.2. The van der Waals surface area contributed by atoms with Gasteiger partial charge in [0.2, 0.25) is 10.0 Å². The number of benzene rings is 1. The number of sulfonamides is 1. The number of nitro groups is 1. The van der Waals surface area contributed by atoms with Crippen LogP contribution < -0.4 is 0 Å². The van der Waals surface area contributed by atoms with E-state index in [9.17, 15) is 23.3 Å². The second-order valence-electron chi connectivity index (χ2n) is 6.75. The molecule has 0 aliphatic carbocycles. The zero-order valence-corrected chi connectivity index (χ0v) is 17.2. The summed E-state index contributed by atoms with van der Waals surface area (Å²) in [6, 6.07) is 3.82. The number of hydrogen-bond donors (Lipinski definition) is 0. The van der Waals surface area contributed by atoms with Gasteiger partial charge in [-0.15, -0.1) is 11.8 Å². The van der Waals surface area contributed by atoms with Crippen LogP contribution in [0.3, 0.4) is 0 Å². The number of carbonyl (C=O) groups is 1. The van der Waals surface area contributed by atoms with Crippen LogP contribution in [0.2, 0.25) is 0 Å². The number of hydrogen-bond acceptors (Lipinski definition) is 7. The molecule has 1 aromatic rings. The summed E-state index contributed by atoms with van der Waals surface area (Å²) in [6.45, 7) is 6.70. The van der Waals surface area contributed by atoms with Gasteiger partial charge < -0.3 is 4.74 Å². The van der Waals surface area contributed by atoms with E-state index in [-0.39, 0.29) is 39.7 Å². The lowest BCUT2D eigenvalue weighted by molar-refractivity contribution is -0.388. The molecule has 1 aromatic carbocycles. The molecule has 27 heavy (non-hydrogen) atoms. The number of esters is 1. The summed E-state index contributed by atoms with van der Waals surface area (Å²) in [4.78, 5) is 22.4. The van der Waals surface area contributed by atoms with Gasteiger partial charge in [0, 0.05) is 19.2 Å². The first-order chi connectivity index (χ1) is 12.6. The molecule has 1 aliphatic rings. The molecule has 150 valence electrons. The van der Waals surface area contributed by atoms with Crippen molar-refractivity contribution in [3.8, 4) is 0 Å². The Balaban J connectivity index is 2.28. The van der Waals surface area contributed by atoms with Gasteiger partial charge in [-0.05, 0) is 37.3 Å². The van der Waals surface area contributed by atoms with Crippen LogP contribution in [0.15, 0.2) is 28.0 Å². The molecule has 1 heterocycles. The lowest BCUT2D eigenvalue weighted by Gasteiger charge is -2.34. The number of nitrogens with zero attached hydrogens (tertiary/aromatic N) is 2. The zero-order valence-electron chi connectivity index (χ0n) is 15.6. The predicted octanol–water partition coefficient (Wildman–Crippen LogP) is 2.92. The van der Waals surface area contributed by atoms with Gasteiger partial charge >= 0.3 is 5.97 Å². The Labute approximate surface area is 163 Å². The average Bonchev–Trinajstić information content (AvgIpc) is 2.59.